The molecule has 0 amide bonds. The number of benzene rings is 1. The molecule has 3 heteroatoms. The van der Waals surface area contributed by atoms with E-state index in [9.17, 15) is 0 Å². The van der Waals surface area contributed by atoms with E-state index in [1.165, 1.54) is 17.7 Å². The van der Waals surface area contributed by atoms with Gasteiger partial charge in [0.15, 0.2) is 0 Å². The van der Waals surface area contributed by atoms with E-state index in [1.54, 1.807) is 7.11 Å². The predicted octanol–water partition coefficient (Wildman–Crippen LogP) is 2.50. The van der Waals surface area contributed by atoms with Crippen molar-refractivity contribution in [3.63, 3.8) is 0 Å². The van der Waals surface area contributed by atoms with Crippen LogP contribution in [-0.2, 0) is 0 Å². The molecule has 1 aromatic carbocycles. The summed E-state index contributed by atoms with van der Waals surface area (Å²) in [7, 11) is 1.71. The molecule has 1 saturated heterocycles. The van der Waals surface area contributed by atoms with Gasteiger partial charge in [0, 0.05) is 4.90 Å². The molecular formula is C11H15NOS. The van der Waals surface area contributed by atoms with Crippen LogP contribution in [0, 0.1) is 0 Å². The summed E-state index contributed by atoms with van der Waals surface area (Å²) in [6, 6.07) is 8.24. The van der Waals surface area contributed by atoms with Crippen molar-refractivity contribution in [3.8, 4) is 5.75 Å². The smallest absolute Gasteiger partial charge is 0.119 e. The normalized spacial score (nSPS) is 21.1. The highest BCUT2D eigenvalue weighted by Crippen LogP contribution is 2.29. The minimum Gasteiger partial charge on any atom is -0.497 e. The summed E-state index contributed by atoms with van der Waals surface area (Å²) in [6.45, 7) is 1.15. The van der Waals surface area contributed by atoms with E-state index in [4.69, 9.17) is 4.74 Å². The Morgan fingerprint density at radius 3 is 3.14 bits per heavy atom. The third-order valence-corrected chi connectivity index (χ3v) is 3.55. The molecule has 14 heavy (non-hydrogen) atoms. The largest absolute Gasteiger partial charge is 0.497 e. The van der Waals surface area contributed by atoms with Gasteiger partial charge in [0.1, 0.15) is 5.75 Å². The van der Waals surface area contributed by atoms with Crippen LogP contribution in [0.5, 0.6) is 5.75 Å². The second-order valence-electron chi connectivity index (χ2n) is 3.38. The second kappa shape index (κ2) is 4.71. The molecule has 1 heterocycles. The Hall–Kier alpha value is -0.670. The van der Waals surface area contributed by atoms with E-state index >= 15 is 0 Å². The van der Waals surface area contributed by atoms with E-state index < -0.39 is 0 Å². The molecule has 1 aromatic rings. The van der Waals surface area contributed by atoms with Crippen LogP contribution in [0.15, 0.2) is 29.2 Å². The van der Waals surface area contributed by atoms with Crippen LogP contribution < -0.4 is 10.1 Å². The first-order valence-electron chi connectivity index (χ1n) is 4.92. The van der Waals surface area contributed by atoms with Gasteiger partial charge in [-0.25, -0.2) is 0 Å². The van der Waals surface area contributed by atoms with Gasteiger partial charge in [0.05, 0.1) is 12.5 Å². The number of hydrogen-bond donors (Lipinski definition) is 1. The Morgan fingerprint density at radius 1 is 1.50 bits per heavy atom. The lowest BCUT2D eigenvalue weighted by Gasteiger charge is -2.10. The number of rotatable bonds is 3. The molecule has 1 N–H and O–H groups in total. The molecule has 0 bridgehead atoms. The van der Waals surface area contributed by atoms with Crippen molar-refractivity contribution in [2.45, 2.75) is 23.1 Å². The van der Waals surface area contributed by atoms with E-state index in [2.05, 4.69) is 17.4 Å². The molecule has 1 aliphatic heterocycles. The molecule has 1 unspecified atom stereocenters. The van der Waals surface area contributed by atoms with Gasteiger partial charge in [-0.2, -0.15) is 0 Å². The van der Waals surface area contributed by atoms with Crippen LogP contribution in [0.1, 0.15) is 12.8 Å². The van der Waals surface area contributed by atoms with Gasteiger partial charge in [-0.1, -0.05) is 6.07 Å². The highest BCUT2D eigenvalue weighted by atomic mass is 32.2. The first-order chi connectivity index (χ1) is 6.88. The standard InChI is InChI=1S/C11H15NOS/c1-13-9-4-2-5-10(8-9)14-11-6-3-7-12-11/h2,4-5,8,11-12H,3,6-7H2,1H3. The maximum atomic E-state index is 5.19. The van der Waals surface area contributed by atoms with Crippen LogP contribution in [0.3, 0.4) is 0 Å². The van der Waals surface area contributed by atoms with E-state index in [0.717, 1.165) is 12.3 Å². The van der Waals surface area contributed by atoms with Crippen LogP contribution in [-0.4, -0.2) is 19.0 Å². The lowest BCUT2D eigenvalue weighted by molar-refractivity contribution is 0.413. The van der Waals surface area contributed by atoms with Gasteiger partial charge >= 0.3 is 0 Å². The number of ether oxygens (including phenoxy) is 1. The van der Waals surface area contributed by atoms with Crippen LogP contribution >= 0.6 is 11.8 Å². The SMILES string of the molecule is COc1cccc(SC2CCCN2)c1. The molecule has 76 valence electrons. The molecule has 1 aliphatic rings. The molecule has 1 atom stereocenters. The second-order valence-corrected chi connectivity index (χ2v) is 4.66. The van der Waals surface area contributed by atoms with Crippen molar-refractivity contribution in [2.75, 3.05) is 13.7 Å². The minimum absolute atomic E-state index is 0.585. The molecule has 2 nitrogen and oxygen atoms in total. The number of nitrogens with one attached hydrogen (secondary N) is 1. The first-order valence-corrected chi connectivity index (χ1v) is 5.80. The average molecular weight is 209 g/mol. The van der Waals surface area contributed by atoms with Crippen molar-refractivity contribution in [1.29, 1.82) is 0 Å². The third kappa shape index (κ3) is 2.42. The molecule has 0 radical (unpaired) electrons. The fraction of sp³-hybridized carbons (Fsp3) is 0.455. The van der Waals surface area contributed by atoms with Gasteiger partial charge in [-0.3, -0.25) is 0 Å². The topological polar surface area (TPSA) is 21.3 Å². The lowest BCUT2D eigenvalue weighted by Crippen LogP contribution is -2.16. The number of hydrogen-bond acceptors (Lipinski definition) is 3. The van der Waals surface area contributed by atoms with Gasteiger partial charge in [0.2, 0.25) is 0 Å². The van der Waals surface area contributed by atoms with Crippen molar-refractivity contribution in [2.24, 2.45) is 0 Å². The zero-order valence-electron chi connectivity index (χ0n) is 8.32. The maximum Gasteiger partial charge on any atom is 0.119 e. The summed E-state index contributed by atoms with van der Waals surface area (Å²) >= 11 is 1.89. The van der Waals surface area contributed by atoms with Crippen LogP contribution in [0.2, 0.25) is 0 Å². The summed E-state index contributed by atoms with van der Waals surface area (Å²) < 4.78 is 5.19. The highest BCUT2D eigenvalue weighted by molar-refractivity contribution is 7.99. The molecule has 0 spiro atoms. The Labute approximate surface area is 89.0 Å². The van der Waals surface area contributed by atoms with E-state index in [0.29, 0.717) is 5.37 Å². The van der Waals surface area contributed by atoms with E-state index in [-0.39, 0.29) is 0 Å². The van der Waals surface area contributed by atoms with Gasteiger partial charge in [0.25, 0.3) is 0 Å². The Balaban J connectivity index is 2.00. The summed E-state index contributed by atoms with van der Waals surface area (Å²) in [5, 5.41) is 4.05. The van der Waals surface area contributed by atoms with Crippen molar-refractivity contribution in [3.05, 3.63) is 24.3 Å². The van der Waals surface area contributed by atoms with E-state index in [1.807, 2.05) is 23.9 Å². The third-order valence-electron chi connectivity index (χ3n) is 2.33. The molecular weight excluding hydrogens is 194 g/mol. The lowest BCUT2D eigenvalue weighted by atomic mass is 10.3. The fourth-order valence-electron chi connectivity index (χ4n) is 1.59. The summed E-state index contributed by atoms with van der Waals surface area (Å²) in [6.07, 6.45) is 2.56. The molecule has 0 aromatic heterocycles. The maximum absolute atomic E-state index is 5.19. The van der Waals surface area contributed by atoms with Crippen molar-refractivity contribution in [1.82, 2.24) is 5.32 Å². The Kier molecular flexibility index (Phi) is 3.32. The van der Waals surface area contributed by atoms with Crippen LogP contribution in [0.25, 0.3) is 0 Å². The number of methoxy groups -OCH3 is 1. The Bertz CT molecular complexity index is 297. The monoisotopic (exact) mass is 209 g/mol. The predicted molar refractivity (Wildman–Crippen MR) is 59.9 cm³/mol. The molecule has 2 rings (SSSR count). The van der Waals surface area contributed by atoms with Gasteiger partial charge in [-0.05, 0) is 37.6 Å². The zero-order valence-corrected chi connectivity index (χ0v) is 9.14. The first kappa shape index (κ1) is 9.87. The van der Waals surface area contributed by atoms with Gasteiger partial charge < -0.3 is 10.1 Å². The van der Waals surface area contributed by atoms with Crippen LogP contribution in [0.4, 0.5) is 0 Å². The summed E-state index contributed by atoms with van der Waals surface area (Å²) in [5.41, 5.74) is 0. The average Bonchev–Trinajstić information content (AvgIpc) is 2.71. The summed E-state index contributed by atoms with van der Waals surface area (Å²) in [5.74, 6) is 0.938. The number of thioether (sulfide) groups is 1. The fourth-order valence-corrected chi connectivity index (χ4v) is 2.75. The molecule has 0 aliphatic carbocycles. The summed E-state index contributed by atoms with van der Waals surface area (Å²) in [4.78, 5) is 1.28. The molecule has 1 fully saturated rings. The highest BCUT2D eigenvalue weighted by Gasteiger charge is 2.14. The minimum atomic E-state index is 0.585. The zero-order chi connectivity index (χ0) is 9.80. The van der Waals surface area contributed by atoms with Crippen molar-refractivity contribution >= 4 is 11.8 Å². The Morgan fingerprint density at radius 2 is 2.43 bits per heavy atom. The van der Waals surface area contributed by atoms with Gasteiger partial charge in [-0.15, -0.1) is 11.8 Å². The molecule has 0 saturated carbocycles. The van der Waals surface area contributed by atoms with Crippen molar-refractivity contribution < 1.29 is 4.74 Å². The quantitative estimate of drug-likeness (QED) is 0.826.